The Morgan fingerprint density at radius 2 is 1.67 bits per heavy atom. The van der Waals surface area contributed by atoms with Gasteiger partial charge < -0.3 is 9.84 Å². The van der Waals surface area contributed by atoms with Crippen molar-refractivity contribution in [3.8, 4) is 22.4 Å². The second-order valence-electron chi connectivity index (χ2n) is 8.60. The van der Waals surface area contributed by atoms with Crippen LogP contribution in [0.15, 0.2) is 65.5 Å². The molecule has 3 aromatic rings. The Morgan fingerprint density at radius 3 is 2.33 bits per heavy atom. The first-order valence-corrected chi connectivity index (χ1v) is 11.2. The molecule has 0 amide bonds. The third-order valence-corrected chi connectivity index (χ3v) is 6.18. The van der Waals surface area contributed by atoms with Crippen LogP contribution in [-0.2, 0) is 16.1 Å². The maximum absolute atomic E-state index is 13.5. The van der Waals surface area contributed by atoms with Crippen molar-refractivity contribution in [3.63, 3.8) is 0 Å². The molecule has 0 spiro atoms. The zero-order valence-corrected chi connectivity index (χ0v) is 18.3. The number of aliphatic carboxylic acids is 1. The van der Waals surface area contributed by atoms with E-state index in [2.05, 4.69) is 0 Å². The number of aromatic nitrogens is 2. The van der Waals surface area contributed by atoms with Crippen LogP contribution in [-0.4, -0.2) is 34.1 Å². The van der Waals surface area contributed by atoms with Gasteiger partial charge in [-0.05, 0) is 67.3 Å². The average molecular weight is 451 g/mol. The number of hydrogen-bond acceptors (Lipinski definition) is 4. The smallest absolute Gasteiger partial charge is 0.329 e. The molecule has 0 aliphatic heterocycles. The van der Waals surface area contributed by atoms with Crippen LogP contribution in [0.5, 0.6) is 0 Å². The van der Waals surface area contributed by atoms with Crippen LogP contribution >= 0.6 is 0 Å². The molecule has 0 bridgehead atoms. The highest BCUT2D eigenvalue weighted by Gasteiger charge is 2.23. The molecule has 1 fully saturated rings. The largest absolute Gasteiger partial charge is 0.480 e. The van der Waals surface area contributed by atoms with E-state index < -0.39 is 5.97 Å². The lowest BCUT2D eigenvalue weighted by Crippen LogP contribution is -2.29. The Labute approximate surface area is 191 Å². The van der Waals surface area contributed by atoms with Gasteiger partial charge in [0.1, 0.15) is 12.4 Å². The van der Waals surface area contributed by atoms with Gasteiger partial charge in [0, 0.05) is 23.7 Å². The Hall–Kier alpha value is -3.32. The molecule has 4 rings (SSSR count). The van der Waals surface area contributed by atoms with Crippen LogP contribution in [0.1, 0.15) is 25.7 Å². The fourth-order valence-electron chi connectivity index (χ4n) is 4.42. The summed E-state index contributed by atoms with van der Waals surface area (Å²) in [6, 6.07) is 17.4. The van der Waals surface area contributed by atoms with E-state index in [1.165, 1.54) is 16.8 Å². The van der Waals surface area contributed by atoms with E-state index in [9.17, 15) is 14.0 Å². The minimum atomic E-state index is -0.954. The number of hydrogen-bond donors (Lipinski definition) is 1. The summed E-state index contributed by atoms with van der Waals surface area (Å²) in [4.78, 5) is 23.6. The minimum absolute atomic E-state index is 0.161. The summed E-state index contributed by atoms with van der Waals surface area (Å²) in [5, 5.41) is 13.4. The predicted octanol–water partition coefficient (Wildman–Crippen LogP) is 4.62. The van der Waals surface area contributed by atoms with Crippen LogP contribution < -0.4 is 5.56 Å². The van der Waals surface area contributed by atoms with Gasteiger partial charge in [0.15, 0.2) is 0 Å². The van der Waals surface area contributed by atoms with Gasteiger partial charge >= 0.3 is 5.97 Å². The number of nitrogens with zero attached hydrogens (tertiary/aromatic N) is 2. The molecule has 7 heteroatoms. The molecule has 6 nitrogen and oxygen atoms in total. The van der Waals surface area contributed by atoms with Crippen molar-refractivity contribution in [3.05, 3.63) is 76.8 Å². The molecule has 0 radical (unpaired) electrons. The summed E-state index contributed by atoms with van der Waals surface area (Å²) in [5.41, 5.74) is 2.85. The molecule has 0 unspecified atom stereocenters. The van der Waals surface area contributed by atoms with E-state index in [4.69, 9.17) is 14.9 Å². The van der Waals surface area contributed by atoms with Gasteiger partial charge in [-0.2, -0.15) is 5.10 Å². The van der Waals surface area contributed by atoms with Crippen molar-refractivity contribution in [2.45, 2.75) is 32.2 Å². The van der Waals surface area contributed by atoms with Gasteiger partial charge in [0.05, 0.1) is 12.3 Å². The van der Waals surface area contributed by atoms with Crippen molar-refractivity contribution in [2.75, 3.05) is 13.2 Å². The van der Waals surface area contributed by atoms with E-state index in [-0.39, 0.29) is 18.0 Å². The van der Waals surface area contributed by atoms with Crippen LogP contribution in [0.2, 0.25) is 0 Å². The standard InChI is InChI=1S/C26H27FN2O4/c27-22-12-10-21(11-13-22)26-23(20-4-2-1-3-5-20)14-24(30)29(28-26)15-18-6-8-19(9-7-18)16-33-17-25(31)32/h1-5,10-14,18-19H,6-9,15-17H2,(H,31,32)/t18-,19-. The van der Waals surface area contributed by atoms with Gasteiger partial charge in [0.25, 0.3) is 5.56 Å². The zero-order valence-electron chi connectivity index (χ0n) is 18.3. The Morgan fingerprint density at radius 1 is 1.00 bits per heavy atom. The van der Waals surface area contributed by atoms with E-state index in [1.54, 1.807) is 18.2 Å². The van der Waals surface area contributed by atoms with Crippen molar-refractivity contribution in [1.29, 1.82) is 0 Å². The molecule has 0 atom stereocenters. The highest BCUT2D eigenvalue weighted by Crippen LogP contribution is 2.32. The number of carboxylic acids is 1. The monoisotopic (exact) mass is 450 g/mol. The highest BCUT2D eigenvalue weighted by molar-refractivity contribution is 5.80. The SMILES string of the molecule is O=C(O)COC[C@H]1CC[C@H](Cn2nc(-c3ccc(F)cc3)c(-c3ccccc3)cc2=O)CC1. The molecule has 1 saturated carbocycles. The summed E-state index contributed by atoms with van der Waals surface area (Å²) in [6.07, 6.45) is 3.74. The number of ether oxygens (including phenoxy) is 1. The average Bonchev–Trinajstić information content (AvgIpc) is 2.82. The van der Waals surface area contributed by atoms with Crippen LogP contribution in [0.4, 0.5) is 4.39 Å². The molecule has 33 heavy (non-hydrogen) atoms. The fraction of sp³-hybridized carbons (Fsp3) is 0.346. The molecular formula is C26H27FN2O4. The lowest BCUT2D eigenvalue weighted by Gasteiger charge is -2.28. The third kappa shape index (κ3) is 5.93. The van der Waals surface area contributed by atoms with Crippen LogP contribution in [0.3, 0.4) is 0 Å². The van der Waals surface area contributed by atoms with Crippen molar-refractivity contribution >= 4 is 5.97 Å². The van der Waals surface area contributed by atoms with Gasteiger partial charge in [-0.1, -0.05) is 30.3 Å². The van der Waals surface area contributed by atoms with E-state index in [0.717, 1.165) is 42.4 Å². The molecule has 1 heterocycles. The van der Waals surface area contributed by atoms with Crippen LogP contribution in [0.25, 0.3) is 22.4 Å². The summed E-state index contributed by atoms with van der Waals surface area (Å²) in [7, 11) is 0. The topological polar surface area (TPSA) is 81.4 Å². The fourth-order valence-corrected chi connectivity index (χ4v) is 4.42. The van der Waals surface area contributed by atoms with E-state index in [1.807, 2.05) is 30.3 Å². The van der Waals surface area contributed by atoms with Gasteiger partial charge in [-0.15, -0.1) is 0 Å². The maximum atomic E-state index is 13.5. The molecule has 172 valence electrons. The zero-order chi connectivity index (χ0) is 23.2. The van der Waals surface area contributed by atoms with Crippen LogP contribution in [0, 0.1) is 17.7 Å². The number of halogens is 1. The van der Waals surface area contributed by atoms with Gasteiger partial charge in [-0.3, -0.25) is 4.79 Å². The number of rotatable bonds is 8. The first-order chi connectivity index (χ1) is 16.0. The van der Waals surface area contributed by atoms with Gasteiger partial charge in [-0.25, -0.2) is 13.9 Å². The molecule has 1 aliphatic carbocycles. The number of carboxylic acid groups (broad SMARTS) is 1. The molecule has 1 aliphatic rings. The Bertz CT molecular complexity index is 1140. The number of benzene rings is 2. The lowest BCUT2D eigenvalue weighted by atomic mass is 9.82. The second-order valence-corrected chi connectivity index (χ2v) is 8.60. The maximum Gasteiger partial charge on any atom is 0.329 e. The number of carbonyl (C=O) groups is 1. The summed E-state index contributed by atoms with van der Waals surface area (Å²) >= 11 is 0. The lowest BCUT2D eigenvalue weighted by molar-refractivity contribution is -0.142. The highest BCUT2D eigenvalue weighted by atomic mass is 19.1. The molecular weight excluding hydrogens is 423 g/mol. The first-order valence-electron chi connectivity index (χ1n) is 11.2. The molecule has 1 aromatic heterocycles. The molecule has 0 saturated heterocycles. The Kier molecular flexibility index (Phi) is 7.29. The third-order valence-electron chi connectivity index (χ3n) is 6.18. The predicted molar refractivity (Wildman–Crippen MR) is 123 cm³/mol. The summed E-state index contributed by atoms with van der Waals surface area (Å²) in [6.45, 7) is 0.710. The van der Waals surface area contributed by atoms with Crippen molar-refractivity contribution in [2.24, 2.45) is 11.8 Å². The molecule has 2 aromatic carbocycles. The molecule has 1 N–H and O–H groups in total. The Balaban J connectivity index is 1.54. The summed E-state index contributed by atoms with van der Waals surface area (Å²) < 4.78 is 20.3. The van der Waals surface area contributed by atoms with E-state index in [0.29, 0.717) is 30.7 Å². The van der Waals surface area contributed by atoms with E-state index >= 15 is 0 Å². The second kappa shape index (κ2) is 10.5. The summed E-state index contributed by atoms with van der Waals surface area (Å²) in [5.74, 6) is -0.613. The van der Waals surface area contributed by atoms with Gasteiger partial charge in [0.2, 0.25) is 0 Å². The van der Waals surface area contributed by atoms with Crippen molar-refractivity contribution in [1.82, 2.24) is 9.78 Å². The quantitative estimate of drug-likeness (QED) is 0.541. The minimum Gasteiger partial charge on any atom is -0.480 e. The first kappa shape index (κ1) is 22.9. The van der Waals surface area contributed by atoms with Crippen molar-refractivity contribution < 1.29 is 19.0 Å². The normalized spacial score (nSPS) is 18.2.